The lowest BCUT2D eigenvalue weighted by Gasteiger charge is -2.34. The Morgan fingerprint density at radius 2 is 1.74 bits per heavy atom. The molecule has 23 heavy (non-hydrogen) atoms. The number of rotatable bonds is 3. The Morgan fingerprint density at radius 1 is 0.957 bits per heavy atom. The van der Waals surface area contributed by atoms with Gasteiger partial charge in [-0.15, -0.1) is 0 Å². The van der Waals surface area contributed by atoms with Crippen LogP contribution in [0.5, 0.6) is 0 Å². The number of nitrogens with zero attached hydrogens (tertiary/aromatic N) is 4. The molecule has 0 radical (unpaired) electrons. The van der Waals surface area contributed by atoms with Crippen LogP contribution in [0.15, 0.2) is 55.0 Å². The second kappa shape index (κ2) is 5.76. The van der Waals surface area contributed by atoms with Crippen molar-refractivity contribution in [2.24, 2.45) is 0 Å². The second-order valence-corrected chi connectivity index (χ2v) is 5.76. The highest BCUT2D eigenvalue weighted by molar-refractivity contribution is 5.78. The lowest BCUT2D eigenvalue weighted by molar-refractivity contribution is -0.118. The highest BCUT2D eigenvalue weighted by Crippen LogP contribution is 2.26. The van der Waals surface area contributed by atoms with E-state index in [-0.39, 0.29) is 0 Å². The second-order valence-electron chi connectivity index (χ2n) is 5.76. The molecule has 1 fully saturated rings. The number of imidazole rings is 1. The topological polar surface area (TPSA) is 40.9 Å². The van der Waals surface area contributed by atoms with Crippen LogP contribution >= 0.6 is 0 Å². The Morgan fingerprint density at radius 3 is 2.48 bits per heavy atom. The molecule has 0 atom stereocenters. The zero-order valence-electron chi connectivity index (χ0n) is 12.8. The minimum atomic E-state index is 0.790. The van der Waals surface area contributed by atoms with Gasteiger partial charge in [-0.05, 0) is 29.8 Å². The minimum absolute atomic E-state index is 0.790. The third-order valence-electron chi connectivity index (χ3n) is 4.43. The number of aromatic nitrogens is 2. The first-order valence-corrected chi connectivity index (χ1v) is 7.81. The molecule has 1 saturated heterocycles. The normalized spacial score (nSPS) is 15.1. The van der Waals surface area contributed by atoms with Crippen LogP contribution < -0.4 is 4.90 Å². The molecule has 2 aromatic heterocycles. The van der Waals surface area contributed by atoms with Crippen molar-refractivity contribution in [1.29, 1.82) is 0 Å². The van der Waals surface area contributed by atoms with Crippen LogP contribution in [0.1, 0.15) is 0 Å². The van der Waals surface area contributed by atoms with E-state index in [9.17, 15) is 4.79 Å². The van der Waals surface area contributed by atoms with Gasteiger partial charge in [0.1, 0.15) is 5.65 Å². The number of pyridine rings is 1. The molecule has 0 aliphatic carbocycles. The number of hydrogen-bond donors (Lipinski definition) is 0. The summed E-state index contributed by atoms with van der Waals surface area (Å²) in [5.41, 5.74) is 4.47. The fourth-order valence-corrected chi connectivity index (χ4v) is 3.11. The highest BCUT2D eigenvalue weighted by Gasteiger charge is 2.15. The lowest BCUT2D eigenvalue weighted by Crippen LogP contribution is -2.45. The van der Waals surface area contributed by atoms with Gasteiger partial charge >= 0.3 is 0 Å². The van der Waals surface area contributed by atoms with Gasteiger partial charge < -0.3 is 14.2 Å². The predicted octanol–water partition coefficient (Wildman–Crippen LogP) is 2.28. The third kappa shape index (κ3) is 2.54. The molecular weight excluding hydrogens is 288 g/mol. The monoisotopic (exact) mass is 306 g/mol. The van der Waals surface area contributed by atoms with E-state index in [1.165, 1.54) is 5.69 Å². The van der Waals surface area contributed by atoms with Crippen molar-refractivity contribution >= 4 is 17.7 Å². The summed E-state index contributed by atoms with van der Waals surface area (Å²) in [6.07, 6.45) is 6.72. The average Bonchev–Trinajstić information content (AvgIpc) is 3.11. The highest BCUT2D eigenvalue weighted by atomic mass is 16.1. The summed E-state index contributed by atoms with van der Waals surface area (Å²) >= 11 is 0. The number of anilines is 1. The van der Waals surface area contributed by atoms with Crippen LogP contribution in [-0.2, 0) is 4.79 Å². The number of piperazine rings is 1. The summed E-state index contributed by atoms with van der Waals surface area (Å²) in [6, 6.07) is 12.7. The van der Waals surface area contributed by atoms with Crippen LogP contribution in [-0.4, -0.2) is 46.9 Å². The standard InChI is InChI=1S/C18H18N4O/c23-14-20-10-12-21(13-11-20)16-5-3-15(4-6-16)17-2-1-8-22-9-7-19-18(17)22/h1-9,14H,10-13H2. The van der Waals surface area contributed by atoms with Crippen molar-refractivity contribution < 1.29 is 4.79 Å². The molecule has 1 aliphatic heterocycles. The number of fused-ring (bicyclic) bond motifs is 1. The summed E-state index contributed by atoms with van der Waals surface area (Å²) in [6.45, 7) is 3.35. The first kappa shape index (κ1) is 13.8. The van der Waals surface area contributed by atoms with Gasteiger partial charge in [0.2, 0.25) is 6.41 Å². The summed E-state index contributed by atoms with van der Waals surface area (Å²) < 4.78 is 2.03. The van der Waals surface area contributed by atoms with E-state index in [0.717, 1.165) is 49.4 Å². The van der Waals surface area contributed by atoms with Crippen LogP contribution in [0, 0.1) is 0 Å². The quantitative estimate of drug-likeness (QED) is 0.697. The molecule has 1 aromatic carbocycles. The van der Waals surface area contributed by atoms with Crippen molar-refractivity contribution in [2.45, 2.75) is 0 Å². The van der Waals surface area contributed by atoms with Gasteiger partial charge in [0.05, 0.1) is 0 Å². The van der Waals surface area contributed by atoms with Gasteiger partial charge in [0.15, 0.2) is 0 Å². The Labute approximate surface area is 134 Å². The molecule has 1 aliphatic rings. The van der Waals surface area contributed by atoms with Crippen LogP contribution in [0.3, 0.4) is 0 Å². The lowest BCUT2D eigenvalue weighted by atomic mass is 10.1. The molecule has 4 rings (SSSR count). The van der Waals surface area contributed by atoms with E-state index in [1.54, 1.807) is 0 Å². The number of amides is 1. The fraction of sp³-hybridized carbons (Fsp3) is 0.222. The fourth-order valence-electron chi connectivity index (χ4n) is 3.11. The summed E-state index contributed by atoms with van der Waals surface area (Å²) in [5, 5.41) is 0. The zero-order chi connectivity index (χ0) is 15.6. The molecule has 3 aromatic rings. The Balaban J connectivity index is 1.59. The van der Waals surface area contributed by atoms with Gasteiger partial charge in [0.25, 0.3) is 0 Å². The predicted molar refractivity (Wildman–Crippen MR) is 90.5 cm³/mol. The van der Waals surface area contributed by atoms with E-state index >= 15 is 0 Å². The molecule has 5 nitrogen and oxygen atoms in total. The molecule has 3 heterocycles. The van der Waals surface area contributed by atoms with E-state index in [2.05, 4.69) is 40.2 Å². The molecule has 5 heteroatoms. The SMILES string of the molecule is O=CN1CCN(c2ccc(-c3cccn4ccnc34)cc2)CC1. The van der Waals surface area contributed by atoms with E-state index in [4.69, 9.17) is 0 Å². The molecule has 0 saturated carbocycles. The van der Waals surface area contributed by atoms with Crippen molar-refractivity contribution in [3.63, 3.8) is 0 Å². The smallest absolute Gasteiger partial charge is 0.209 e. The Bertz CT molecular complexity index is 816. The molecular formula is C18H18N4O. The minimum Gasteiger partial charge on any atom is -0.368 e. The first-order valence-electron chi connectivity index (χ1n) is 7.81. The largest absolute Gasteiger partial charge is 0.368 e. The number of benzene rings is 1. The van der Waals surface area contributed by atoms with E-state index < -0.39 is 0 Å². The molecule has 116 valence electrons. The van der Waals surface area contributed by atoms with E-state index in [0.29, 0.717) is 0 Å². The van der Waals surface area contributed by atoms with Crippen molar-refractivity contribution in [1.82, 2.24) is 14.3 Å². The van der Waals surface area contributed by atoms with Crippen LogP contribution in [0.4, 0.5) is 5.69 Å². The summed E-state index contributed by atoms with van der Waals surface area (Å²) in [7, 11) is 0. The molecule has 1 amide bonds. The molecule has 0 unspecified atom stereocenters. The van der Waals surface area contributed by atoms with E-state index in [1.807, 2.05) is 34.0 Å². The maximum atomic E-state index is 10.8. The van der Waals surface area contributed by atoms with Gasteiger partial charge in [-0.3, -0.25) is 4.79 Å². The first-order chi connectivity index (χ1) is 11.3. The third-order valence-corrected chi connectivity index (χ3v) is 4.43. The molecule has 0 N–H and O–H groups in total. The number of hydrogen-bond acceptors (Lipinski definition) is 3. The Hall–Kier alpha value is -2.82. The molecule has 0 bridgehead atoms. The maximum Gasteiger partial charge on any atom is 0.209 e. The van der Waals surface area contributed by atoms with Crippen molar-refractivity contribution in [3.05, 3.63) is 55.0 Å². The average molecular weight is 306 g/mol. The van der Waals surface area contributed by atoms with Crippen LogP contribution in [0.2, 0.25) is 0 Å². The Kier molecular flexibility index (Phi) is 3.46. The molecule has 0 spiro atoms. The summed E-state index contributed by atoms with van der Waals surface area (Å²) in [5.74, 6) is 0. The number of carbonyl (C=O) groups is 1. The van der Waals surface area contributed by atoms with Gasteiger partial charge in [0, 0.05) is 56.0 Å². The maximum absolute atomic E-state index is 10.8. The number of carbonyl (C=O) groups excluding carboxylic acids is 1. The van der Waals surface area contributed by atoms with Gasteiger partial charge in [-0.25, -0.2) is 4.98 Å². The van der Waals surface area contributed by atoms with Crippen molar-refractivity contribution in [3.8, 4) is 11.1 Å². The van der Waals surface area contributed by atoms with Gasteiger partial charge in [-0.2, -0.15) is 0 Å². The van der Waals surface area contributed by atoms with Crippen LogP contribution in [0.25, 0.3) is 16.8 Å². The van der Waals surface area contributed by atoms with Gasteiger partial charge in [-0.1, -0.05) is 12.1 Å². The summed E-state index contributed by atoms with van der Waals surface area (Å²) in [4.78, 5) is 19.4. The zero-order valence-corrected chi connectivity index (χ0v) is 12.8. The van der Waals surface area contributed by atoms with Crippen molar-refractivity contribution in [2.75, 3.05) is 31.1 Å².